The molecular weight excluding hydrogens is 504 g/mol. The summed E-state index contributed by atoms with van der Waals surface area (Å²) in [6.45, 7) is 4.86. The van der Waals surface area contributed by atoms with Crippen molar-refractivity contribution in [2.75, 3.05) is 44.8 Å². The van der Waals surface area contributed by atoms with Gasteiger partial charge in [0, 0.05) is 31.4 Å². The number of benzene rings is 3. The number of amides is 1. The number of para-hydroxylation sites is 1. The van der Waals surface area contributed by atoms with E-state index in [-0.39, 0.29) is 5.91 Å². The van der Waals surface area contributed by atoms with E-state index in [2.05, 4.69) is 118 Å². The maximum absolute atomic E-state index is 13.3. The van der Waals surface area contributed by atoms with Crippen LogP contribution in [0.5, 0.6) is 0 Å². The third-order valence-electron chi connectivity index (χ3n) is 10.1. The molecule has 0 aromatic heterocycles. The van der Waals surface area contributed by atoms with Gasteiger partial charge in [0.1, 0.15) is 5.54 Å². The van der Waals surface area contributed by atoms with E-state index in [1.807, 2.05) is 0 Å². The predicted molar refractivity (Wildman–Crippen MR) is 168 cm³/mol. The average molecular weight is 551 g/mol. The third kappa shape index (κ3) is 6.22. The Morgan fingerprint density at radius 2 is 1.54 bits per heavy atom. The van der Waals surface area contributed by atoms with Gasteiger partial charge in [0.25, 0.3) is 0 Å². The number of nitrogens with one attached hydrogen (secondary N) is 1. The third-order valence-corrected chi connectivity index (χ3v) is 10.1. The monoisotopic (exact) mass is 550 g/mol. The van der Waals surface area contributed by atoms with Crippen LogP contribution in [0, 0.1) is 5.92 Å². The topological polar surface area (TPSA) is 38.8 Å². The molecule has 3 unspecified atom stereocenters. The van der Waals surface area contributed by atoms with Crippen LogP contribution in [0.3, 0.4) is 0 Å². The molecule has 2 heterocycles. The van der Waals surface area contributed by atoms with Crippen LogP contribution in [0.15, 0.2) is 91.0 Å². The van der Waals surface area contributed by atoms with Gasteiger partial charge in [0.2, 0.25) is 5.91 Å². The van der Waals surface area contributed by atoms with Gasteiger partial charge in [-0.3, -0.25) is 9.69 Å². The maximum Gasteiger partial charge on any atom is 0.247 e. The van der Waals surface area contributed by atoms with Crippen molar-refractivity contribution in [3.8, 4) is 0 Å². The number of carbonyl (C=O) groups is 1. The van der Waals surface area contributed by atoms with Crippen molar-refractivity contribution in [3.63, 3.8) is 0 Å². The fraction of sp³-hybridized carbons (Fsp3) is 0.472. The van der Waals surface area contributed by atoms with Crippen molar-refractivity contribution in [1.82, 2.24) is 15.1 Å². The number of piperidine rings is 1. The molecule has 0 radical (unpaired) electrons. The molecule has 216 valence electrons. The first-order valence-corrected chi connectivity index (χ1v) is 15.7. The Labute approximate surface area is 246 Å². The highest BCUT2D eigenvalue weighted by Crippen LogP contribution is 2.42. The minimum absolute atomic E-state index is 0.210. The van der Waals surface area contributed by atoms with Crippen molar-refractivity contribution in [2.24, 2.45) is 5.92 Å². The van der Waals surface area contributed by atoms with Crippen molar-refractivity contribution in [3.05, 3.63) is 102 Å². The summed E-state index contributed by atoms with van der Waals surface area (Å²) in [5, 5.41) is 3.18. The Kier molecular flexibility index (Phi) is 8.73. The molecule has 1 spiro atoms. The van der Waals surface area contributed by atoms with Gasteiger partial charge in [-0.15, -0.1) is 0 Å². The van der Waals surface area contributed by atoms with Crippen molar-refractivity contribution < 1.29 is 4.79 Å². The summed E-state index contributed by atoms with van der Waals surface area (Å²) >= 11 is 0. The second kappa shape index (κ2) is 12.8. The molecule has 2 aliphatic heterocycles. The van der Waals surface area contributed by atoms with Crippen molar-refractivity contribution in [2.45, 2.75) is 62.4 Å². The van der Waals surface area contributed by atoms with E-state index in [1.165, 1.54) is 36.8 Å². The van der Waals surface area contributed by atoms with E-state index < -0.39 is 5.54 Å². The molecule has 6 rings (SSSR count). The highest BCUT2D eigenvalue weighted by molar-refractivity contribution is 5.93. The Morgan fingerprint density at radius 1 is 0.878 bits per heavy atom. The zero-order chi connectivity index (χ0) is 28.1. The molecule has 1 N–H and O–H groups in total. The molecule has 3 fully saturated rings. The fourth-order valence-corrected chi connectivity index (χ4v) is 7.85. The Balaban J connectivity index is 1.13. The minimum Gasteiger partial charge on any atom is -0.339 e. The standard InChI is InChI=1S/C36H46N4O/c1-38(23-11-14-29-12-5-2-6-13-29)27-32-20-19-31(30-15-7-3-8-16-30)26-34(32)39-24-21-36(22-25-39)35(41)37-28-40(36)33-17-9-4-10-18-33/h2-10,12-13,15-18,31-32,34H,11,14,19-28H2,1H3,(H,37,41). The summed E-state index contributed by atoms with van der Waals surface area (Å²) in [5.74, 6) is 1.49. The average Bonchev–Trinajstić information content (AvgIpc) is 3.34. The van der Waals surface area contributed by atoms with Gasteiger partial charge >= 0.3 is 0 Å². The highest BCUT2D eigenvalue weighted by atomic mass is 16.2. The SMILES string of the molecule is CN(CCCc1ccccc1)CC1CCC(c2ccccc2)CC1N1CCC2(CC1)C(=O)NCN2c1ccccc1. The van der Waals surface area contributed by atoms with Crippen LogP contribution in [0.1, 0.15) is 55.6 Å². The molecule has 1 amide bonds. The molecule has 2 saturated heterocycles. The van der Waals surface area contributed by atoms with Gasteiger partial charge in [-0.25, -0.2) is 0 Å². The van der Waals surface area contributed by atoms with Gasteiger partial charge < -0.3 is 15.1 Å². The normalized spacial score (nSPS) is 24.6. The summed E-state index contributed by atoms with van der Waals surface area (Å²) in [4.78, 5) is 21.0. The zero-order valence-electron chi connectivity index (χ0n) is 24.6. The lowest BCUT2D eigenvalue weighted by Crippen LogP contribution is -2.59. The maximum atomic E-state index is 13.3. The molecule has 3 atom stereocenters. The summed E-state index contributed by atoms with van der Waals surface area (Å²) < 4.78 is 0. The molecule has 3 aliphatic rings. The minimum atomic E-state index is -0.422. The highest BCUT2D eigenvalue weighted by Gasteiger charge is 2.51. The van der Waals surface area contributed by atoms with E-state index >= 15 is 0 Å². The molecule has 3 aromatic rings. The number of anilines is 1. The predicted octanol–water partition coefficient (Wildman–Crippen LogP) is 5.93. The summed E-state index contributed by atoms with van der Waals surface area (Å²) in [5.41, 5.74) is 3.65. The number of carbonyl (C=O) groups excluding carboxylic acids is 1. The van der Waals surface area contributed by atoms with Crippen LogP contribution in [-0.2, 0) is 11.2 Å². The van der Waals surface area contributed by atoms with Gasteiger partial charge in [-0.2, -0.15) is 0 Å². The van der Waals surface area contributed by atoms with Crippen LogP contribution in [0.25, 0.3) is 0 Å². The lowest BCUT2D eigenvalue weighted by atomic mass is 9.73. The molecule has 3 aromatic carbocycles. The Hall–Kier alpha value is -3.15. The van der Waals surface area contributed by atoms with Crippen molar-refractivity contribution in [1.29, 1.82) is 0 Å². The first-order chi connectivity index (χ1) is 20.1. The molecule has 41 heavy (non-hydrogen) atoms. The number of hydrogen-bond donors (Lipinski definition) is 1. The van der Waals surface area contributed by atoms with E-state index in [4.69, 9.17) is 0 Å². The van der Waals surface area contributed by atoms with Crippen LogP contribution in [0.2, 0.25) is 0 Å². The molecule has 0 bridgehead atoms. The lowest BCUT2D eigenvalue weighted by Gasteiger charge is -2.49. The van der Waals surface area contributed by atoms with Crippen molar-refractivity contribution >= 4 is 11.6 Å². The number of rotatable bonds is 9. The second-order valence-electron chi connectivity index (χ2n) is 12.6. The van der Waals surface area contributed by atoms with Crippen LogP contribution in [-0.4, -0.2) is 67.2 Å². The molecular formula is C36H46N4O. The molecule has 5 heteroatoms. The van der Waals surface area contributed by atoms with Crippen LogP contribution >= 0.6 is 0 Å². The number of aryl methyl sites for hydroxylation is 1. The van der Waals surface area contributed by atoms with E-state index in [1.54, 1.807) is 0 Å². The number of nitrogens with zero attached hydrogens (tertiary/aromatic N) is 3. The first-order valence-electron chi connectivity index (χ1n) is 15.7. The first kappa shape index (κ1) is 28.0. The van der Waals surface area contributed by atoms with Gasteiger partial charge in [0.05, 0.1) is 6.67 Å². The Bertz CT molecular complexity index is 1240. The summed E-state index contributed by atoms with van der Waals surface area (Å²) in [6, 6.07) is 33.1. The quantitative estimate of drug-likeness (QED) is 0.358. The molecule has 1 aliphatic carbocycles. The fourth-order valence-electron chi connectivity index (χ4n) is 7.85. The summed E-state index contributed by atoms with van der Waals surface area (Å²) in [6.07, 6.45) is 7.87. The molecule has 1 saturated carbocycles. The largest absolute Gasteiger partial charge is 0.339 e. The number of likely N-dealkylation sites (tertiary alicyclic amines) is 1. The lowest BCUT2D eigenvalue weighted by molar-refractivity contribution is -0.125. The smallest absolute Gasteiger partial charge is 0.247 e. The van der Waals surface area contributed by atoms with Crippen LogP contribution < -0.4 is 10.2 Å². The van der Waals surface area contributed by atoms with E-state index in [0.717, 1.165) is 51.1 Å². The van der Waals surface area contributed by atoms with E-state index in [0.29, 0.717) is 24.5 Å². The second-order valence-corrected chi connectivity index (χ2v) is 12.6. The van der Waals surface area contributed by atoms with Crippen LogP contribution in [0.4, 0.5) is 5.69 Å². The van der Waals surface area contributed by atoms with Gasteiger partial charge in [-0.1, -0.05) is 78.9 Å². The summed E-state index contributed by atoms with van der Waals surface area (Å²) in [7, 11) is 2.32. The Morgan fingerprint density at radius 3 is 2.24 bits per heavy atom. The molecule has 5 nitrogen and oxygen atoms in total. The van der Waals surface area contributed by atoms with Gasteiger partial charge in [0.15, 0.2) is 0 Å². The number of hydrogen-bond acceptors (Lipinski definition) is 4. The zero-order valence-corrected chi connectivity index (χ0v) is 24.6. The van der Waals surface area contributed by atoms with E-state index in [9.17, 15) is 4.79 Å². The van der Waals surface area contributed by atoms with Gasteiger partial charge in [-0.05, 0) is 93.6 Å².